The SMILES string of the molecule is O=S1(=O)CC[C@H](N2CCN(c3cccc(C(F)(F)F)n3)CC2)C1. The Morgan fingerprint density at radius 1 is 1.13 bits per heavy atom. The predicted molar refractivity (Wildman–Crippen MR) is 80.1 cm³/mol. The van der Waals surface area contributed by atoms with Gasteiger partial charge in [0, 0.05) is 32.2 Å². The summed E-state index contributed by atoms with van der Waals surface area (Å²) in [5, 5.41) is 0. The number of hydrogen-bond acceptors (Lipinski definition) is 5. The van der Waals surface area contributed by atoms with Gasteiger partial charge >= 0.3 is 6.18 Å². The van der Waals surface area contributed by atoms with E-state index in [9.17, 15) is 21.6 Å². The molecule has 1 atom stereocenters. The van der Waals surface area contributed by atoms with Gasteiger partial charge in [0.15, 0.2) is 9.84 Å². The second kappa shape index (κ2) is 5.94. The molecule has 5 nitrogen and oxygen atoms in total. The van der Waals surface area contributed by atoms with Crippen molar-refractivity contribution in [3.63, 3.8) is 0 Å². The zero-order valence-corrected chi connectivity index (χ0v) is 13.3. The Labute approximate surface area is 133 Å². The Morgan fingerprint density at radius 2 is 1.83 bits per heavy atom. The quantitative estimate of drug-likeness (QED) is 0.808. The van der Waals surface area contributed by atoms with Gasteiger partial charge in [-0.1, -0.05) is 6.07 Å². The van der Waals surface area contributed by atoms with Gasteiger partial charge in [-0.25, -0.2) is 13.4 Å². The summed E-state index contributed by atoms with van der Waals surface area (Å²) in [6, 6.07) is 3.94. The van der Waals surface area contributed by atoms with Crippen LogP contribution in [0.3, 0.4) is 0 Å². The lowest BCUT2D eigenvalue weighted by atomic mass is 10.2. The van der Waals surface area contributed by atoms with E-state index in [-0.39, 0.29) is 17.5 Å². The Kier molecular flexibility index (Phi) is 4.26. The fourth-order valence-electron chi connectivity index (χ4n) is 3.14. The molecule has 1 aromatic rings. The number of hydrogen-bond donors (Lipinski definition) is 0. The molecule has 3 rings (SSSR count). The number of aromatic nitrogens is 1. The number of halogens is 3. The van der Waals surface area contributed by atoms with Gasteiger partial charge in [0.1, 0.15) is 11.5 Å². The molecule has 23 heavy (non-hydrogen) atoms. The summed E-state index contributed by atoms with van der Waals surface area (Å²) in [6.07, 6.45) is -3.81. The van der Waals surface area contributed by atoms with E-state index in [1.54, 1.807) is 6.07 Å². The van der Waals surface area contributed by atoms with Gasteiger partial charge in [-0.15, -0.1) is 0 Å². The summed E-state index contributed by atoms with van der Waals surface area (Å²) in [4.78, 5) is 7.63. The maximum atomic E-state index is 12.7. The molecular weight excluding hydrogens is 331 g/mol. The summed E-state index contributed by atoms with van der Waals surface area (Å²) in [5.41, 5.74) is -0.890. The van der Waals surface area contributed by atoms with Gasteiger partial charge in [-0.2, -0.15) is 13.2 Å². The van der Waals surface area contributed by atoms with Gasteiger partial charge in [0.05, 0.1) is 11.5 Å². The van der Waals surface area contributed by atoms with Gasteiger partial charge in [0.2, 0.25) is 0 Å². The zero-order valence-electron chi connectivity index (χ0n) is 12.5. The van der Waals surface area contributed by atoms with E-state index in [1.165, 1.54) is 6.07 Å². The topological polar surface area (TPSA) is 53.5 Å². The molecule has 3 heterocycles. The summed E-state index contributed by atoms with van der Waals surface area (Å²) in [6.45, 7) is 2.37. The van der Waals surface area contributed by atoms with Crippen molar-refractivity contribution < 1.29 is 21.6 Å². The highest BCUT2D eigenvalue weighted by Gasteiger charge is 2.35. The van der Waals surface area contributed by atoms with Crippen molar-refractivity contribution in [3.05, 3.63) is 23.9 Å². The van der Waals surface area contributed by atoms with Crippen LogP contribution in [-0.4, -0.2) is 62.0 Å². The summed E-state index contributed by atoms with van der Waals surface area (Å²) < 4.78 is 61.3. The van der Waals surface area contributed by atoms with Crippen molar-refractivity contribution in [2.24, 2.45) is 0 Å². The third-order valence-corrected chi connectivity index (χ3v) is 6.14. The summed E-state index contributed by atoms with van der Waals surface area (Å²) in [7, 11) is -2.93. The largest absolute Gasteiger partial charge is 0.433 e. The highest BCUT2D eigenvalue weighted by Crippen LogP contribution is 2.29. The van der Waals surface area contributed by atoms with E-state index in [1.807, 2.05) is 4.90 Å². The lowest BCUT2D eigenvalue weighted by Crippen LogP contribution is -2.51. The number of nitrogens with zero attached hydrogens (tertiary/aromatic N) is 3. The van der Waals surface area contributed by atoms with Crippen LogP contribution in [0.15, 0.2) is 18.2 Å². The van der Waals surface area contributed by atoms with Crippen LogP contribution in [0.1, 0.15) is 12.1 Å². The van der Waals surface area contributed by atoms with Crippen molar-refractivity contribution in [3.8, 4) is 0 Å². The molecule has 2 aliphatic heterocycles. The van der Waals surface area contributed by atoms with E-state index in [4.69, 9.17) is 0 Å². The molecule has 0 amide bonds. The molecule has 0 radical (unpaired) electrons. The number of anilines is 1. The highest BCUT2D eigenvalue weighted by molar-refractivity contribution is 7.91. The molecule has 0 unspecified atom stereocenters. The van der Waals surface area contributed by atoms with Crippen molar-refractivity contribution in [1.82, 2.24) is 9.88 Å². The molecule has 0 N–H and O–H groups in total. The lowest BCUT2D eigenvalue weighted by Gasteiger charge is -2.38. The van der Waals surface area contributed by atoms with Gasteiger partial charge in [0.25, 0.3) is 0 Å². The maximum Gasteiger partial charge on any atom is 0.433 e. The van der Waals surface area contributed by atoms with Crippen LogP contribution in [0.4, 0.5) is 19.0 Å². The van der Waals surface area contributed by atoms with Crippen LogP contribution in [0, 0.1) is 0 Å². The Hall–Kier alpha value is -1.35. The van der Waals surface area contributed by atoms with Crippen LogP contribution in [0.2, 0.25) is 0 Å². The Balaban J connectivity index is 1.63. The third-order valence-electron chi connectivity index (χ3n) is 4.39. The first kappa shape index (κ1) is 16.5. The average molecular weight is 349 g/mol. The zero-order chi connectivity index (χ0) is 16.7. The smallest absolute Gasteiger partial charge is 0.354 e. The van der Waals surface area contributed by atoms with Crippen LogP contribution in [-0.2, 0) is 16.0 Å². The first-order valence-corrected chi connectivity index (χ1v) is 9.30. The highest BCUT2D eigenvalue weighted by atomic mass is 32.2. The molecule has 1 aromatic heterocycles. The number of sulfone groups is 1. The molecule has 0 aromatic carbocycles. The molecular formula is C14H18F3N3O2S. The van der Waals surface area contributed by atoms with Gasteiger partial charge in [-0.05, 0) is 18.6 Å². The monoisotopic (exact) mass is 349 g/mol. The van der Waals surface area contributed by atoms with E-state index < -0.39 is 21.7 Å². The average Bonchev–Trinajstić information content (AvgIpc) is 2.87. The minimum absolute atomic E-state index is 0.0385. The van der Waals surface area contributed by atoms with Crippen LogP contribution in [0.25, 0.3) is 0 Å². The van der Waals surface area contributed by atoms with Crippen molar-refractivity contribution in [2.45, 2.75) is 18.6 Å². The van der Waals surface area contributed by atoms with E-state index in [0.717, 1.165) is 6.07 Å². The molecule has 128 valence electrons. The van der Waals surface area contributed by atoms with Crippen molar-refractivity contribution in [1.29, 1.82) is 0 Å². The standard InChI is InChI=1S/C14H18F3N3O2S/c15-14(16,17)12-2-1-3-13(18-12)20-7-5-19(6-8-20)11-4-9-23(21,22)10-11/h1-3,11H,4-10H2/t11-/m0/s1. The Morgan fingerprint density at radius 3 is 2.39 bits per heavy atom. The van der Waals surface area contributed by atoms with Crippen LogP contribution >= 0.6 is 0 Å². The lowest BCUT2D eigenvalue weighted by molar-refractivity contribution is -0.141. The molecule has 9 heteroatoms. The normalized spacial score (nSPS) is 25.7. The minimum Gasteiger partial charge on any atom is -0.354 e. The minimum atomic E-state index is -4.45. The third kappa shape index (κ3) is 3.77. The van der Waals surface area contributed by atoms with E-state index in [0.29, 0.717) is 38.4 Å². The molecule has 0 spiro atoms. The van der Waals surface area contributed by atoms with Gasteiger partial charge in [-0.3, -0.25) is 4.90 Å². The summed E-state index contributed by atoms with van der Waals surface area (Å²) >= 11 is 0. The molecule has 2 saturated heterocycles. The van der Waals surface area contributed by atoms with E-state index in [2.05, 4.69) is 9.88 Å². The molecule has 0 aliphatic carbocycles. The Bertz CT molecular complexity index is 670. The molecule has 2 fully saturated rings. The predicted octanol–water partition coefficient (Wildman–Crippen LogP) is 1.41. The second-order valence-corrected chi connectivity index (χ2v) is 8.19. The van der Waals surface area contributed by atoms with Crippen molar-refractivity contribution in [2.75, 3.05) is 42.6 Å². The first-order valence-electron chi connectivity index (χ1n) is 7.48. The number of rotatable bonds is 2. The maximum absolute atomic E-state index is 12.7. The fraction of sp³-hybridized carbons (Fsp3) is 0.643. The first-order chi connectivity index (χ1) is 10.7. The fourth-order valence-corrected chi connectivity index (χ4v) is 4.90. The van der Waals surface area contributed by atoms with Gasteiger partial charge < -0.3 is 4.90 Å². The number of pyridine rings is 1. The molecule has 2 aliphatic rings. The van der Waals surface area contributed by atoms with Crippen LogP contribution in [0.5, 0.6) is 0 Å². The molecule has 0 bridgehead atoms. The second-order valence-electron chi connectivity index (χ2n) is 5.96. The summed E-state index contributed by atoms with van der Waals surface area (Å²) in [5.74, 6) is 0.737. The van der Waals surface area contributed by atoms with E-state index >= 15 is 0 Å². The van der Waals surface area contributed by atoms with Crippen LogP contribution < -0.4 is 4.90 Å². The number of piperazine rings is 1. The number of alkyl halides is 3. The molecule has 0 saturated carbocycles. The van der Waals surface area contributed by atoms with Crippen molar-refractivity contribution >= 4 is 15.7 Å².